The van der Waals surface area contributed by atoms with Gasteiger partial charge < -0.3 is 14.4 Å². The van der Waals surface area contributed by atoms with E-state index in [1.54, 1.807) is 0 Å². The van der Waals surface area contributed by atoms with Crippen LogP contribution in [0.25, 0.3) is 0 Å². The van der Waals surface area contributed by atoms with Gasteiger partial charge in [-0.05, 0) is 32.4 Å². The van der Waals surface area contributed by atoms with E-state index in [-0.39, 0.29) is 18.1 Å². The van der Waals surface area contributed by atoms with Gasteiger partial charge in [0.1, 0.15) is 0 Å². The van der Waals surface area contributed by atoms with E-state index in [0.717, 1.165) is 44.6 Å². The van der Waals surface area contributed by atoms with Crippen molar-refractivity contribution in [2.45, 2.75) is 51.0 Å². The molecule has 130 valence electrons. The van der Waals surface area contributed by atoms with Gasteiger partial charge in [0.05, 0.1) is 18.8 Å². The predicted molar refractivity (Wildman–Crippen MR) is 92.0 cm³/mol. The molecule has 3 saturated heterocycles. The molecular weight excluding hydrogens is 304 g/mol. The largest absolute Gasteiger partial charge is 0.347 e. The highest BCUT2D eigenvalue weighted by Crippen LogP contribution is 2.36. The minimum Gasteiger partial charge on any atom is -0.347 e. The van der Waals surface area contributed by atoms with Crippen LogP contribution in [-0.2, 0) is 14.3 Å². The van der Waals surface area contributed by atoms with Crippen molar-refractivity contribution >= 4 is 11.6 Å². The zero-order valence-corrected chi connectivity index (χ0v) is 14.5. The van der Waals surface area contributed by atoms with Crippen LogP contribution < -0.4 is 4.90 Å². The van der Waals surface area contributed by atoms with Gasteiger partial charge in [-0.2, -0.15) is 0 Å². The molecule has 0 aromatic heterocycles. The molecule has 3 heterocycles. The molecule has 3 aliphatic rings. The molecule has 24 heavy (non-hydrogen) atoms. The van der Waals surface area contributed by atoms with Gasteiger partial charge in [0.25, 0.3) is 0 Å². The lowest BCUT2D eigenvalue weighted by Gasteiger charge is -2.39. The number of piperidine rings is 1. The average Bonchev–Trinajstić information content (AvgIpc) is 3.13. The van der Waals surface area contributed by atoms with Crippen LogP contribution in [0.1, 0.15) is 31.7 Å². The second-order valence-corrected chi connectivity index (χ2v) is 7.32. The molecule has 2 atom stereocenters. The monoisotopic (exact) mass is 330 g/mol. The Morgan fingerprint density at radius 2 is 1.83 bits per heavy atom. The molecule has 2 unspecified atom stereocenters. The molecule has 0 radical (unpaired) electrons. The Bertz CT molecular complexity index is 608. The highest BCUT2D eigenvalue weighted by molar-refractivity contribution is 5.99. The van der Waals surface area contributed by atoms with Crippen LogP contribution in [0.3, 0.4) is 0 Å². The molecule has 0 N–H and O–H groups in total. The second kappa shape index (κ2) is 6.14. The van der Waals surface area contributed by atoms with Crippen LogP contribution in [0.4, 0.5) is 5.69 Å². The number of ether oxygens (including phenoxy) is 2. The first-order valence-corrected chi connectivity index (χ1v) is 9.00. The number of aryl methyl sites for hydroxylation is 1. The number of rotatable bonds is 2. The van der Waals surface area contributed by atoms with Crippen molar-refractivity contribution in [2.24, 2.45) is 0 Å². The van der Waals surface area contributed by atoms with Gasteiger partial charge in [0.2, 0.25) is 5.91 Å². The van der Waals surface area contributed by atoms with Crippen molar-refractivity contribution in [2.75, 3.05) is 31.1 Å². The molecule has 1 spiro atoms. The van der Waals surface area contributed by atoms with Crippen molar-refractivity contribution in [1.29, 1.82) is 0 Å². The van der Waals surface area contributed by atoms with E-state index in [2.05, 4.69) is 30.9 Å². The van der Waals surface area contributed by atoms with Gasteiger partial charge in [0.15, 0.2) is 5.79 Å². The number of amides is 1. The average molecular weight is 330 g/mol. The first-order chi connectivity index (χ1) is 11.6. The molecule has 1 amide bonds. The molecule has 5 nitrogen and oxygen atoms in total. The number of benzene rings is 1. The summed E-state index contributed by atoms with van der Waals surface area (Å²) in [6.07, 6.45) is 2.79. The number of anilines is 1. The number of nitrogens with zero attached hydrogens (tertiary/aromatic N) is 2. The van der Waals surface area contributed by atoms with E-state index < -0.39 is 5.79 Å². The lowest BCUT2D eigenvalue weighted by molar-refractivity contribution is -0.195. The van der Waals surface area contributed by atoms with Crippen LogP contribution in [0.5, 0.6) is 0 Å². The number of likely N-dealkylation sites (tertiary alicyclic amines) is 1. The Kier molecular flexibility index (Phi) is 4.11. The Balaban J connectivity index is 1.40. The van der Waals surface area contributed by atoms with E-state index in [9.17, 15) is 4.79 Å². The summed E-state index contributed by atoms with van der Waals surface area (Å²) in [5.41, 5.74) is 2.23. The number of hydrogen-bond acceptors (Lipinski definition) is 4. The molecule has 5 heteroatoms. The summed E-state index contributed by atoms with van der Waals surface area (Å²) < 4.78 is 11.9. The highest BCUT2D eigenvalue weighted by Gasteiger charge is 2.46. The summed E-state index contributed by atoms with van der Waals surface area (Å²) in [7, 11) is 0. The van der Waals surface area contributed by atoms with E-state index in [0.29, 0.717) is 6.61 Å². The summed E-state index contributed by atoms with van der Waals surface area (Å²) in [4.78, 5) is 17.1. The standard InChI is InChI=1S/C19H26N2O3/c1-14-3-5-16(6-4-14)21-10-7-17(18(21)22)20-11-8-19(9-12-20)23-13-15(2)24-19/h3-6,15,17H,7-13H2,1-2H3. The summed E-state index contributed by atoms with van der Waals surface area (Å²) >= 11 is 0. The van der Waals surface area contributed by atoms with E-state index >= 15 is 0 Å². The van der Waals surface area contributed by atoms with Crippen molar-refractivity contribution in [3.8, 4) is 0 Å². The van der Waals surface area contributed by atoms with Crippen molar-refractivity contribution < 1.29 is 14.3 Å². The van der Waals surface area contributed by atoms with E-state index in [4.69, 9.17) is 9.47 Å². The zero-order chi connectivity index (χ0) is 16.7. The SMILES string of the molecule is Cc1ccc(N2CCC(N3CCC4(CC3)OCC(C)O4)C2=O)cc1. The molecule has 1 aromatic rings. The molecule has 3 aliphatic heterocycles. The van der Waals surface area contributed by atoms with Gasteiger partial charge in [-0.1, -0.05) is 17.7 Å². The van der Waals surface area contributed by atoms with Gasteiger partial charge >= 0.3 is 0 Å². The summed E-state index contributed by atoms with van der Waals surface area (Å²) in [6.45, 7) is 7.34. The Morgan fingerprint density at radius 1 is 1.12 bits per heavy atom. The minimum absolute atomic E-state index is 0.00230. The fourth-order valence-corrected chi connectivity index (χ4v) is 4.13. The predicted octanol–water partition coefficient (Wildman–Crippen LogP) is 2.33. The van der Waals surface area contributed by atoms with Crippen molar-refractivity contribution in [3.63, 3.8) is 0 Å². The maximum absolute atomic E-state index is 12.9. The molecule has 4 rings (SSSR count). The number of hydrogen-bond donors (Lipinski definition) is 0. The Hall–Kier alpha value is -1.43. The third-order valence-electron chi connectivity index (χ3n) is 5.52. The van der Waals surface area contributed by atoms with Crippen molar-refractivity contribution in [1.82, 2.24) is 4.90 Å². The first kappa shape index (κ1) is 16.1. The van der Waals surface area contributed by atoms with Crippen LogP contribution in [0.2, 0.25) is 0 Å². The third kappa shape index (κ3) is 2.85. The quantitative estimate of drug-likeness (QED) is 0.835. The van der Waals surface area contributed by atoms with E-state index in [1.165, 1.54) is 5.56 Å². The van der Waals surface area contributed by atoms with Crippen LogP contribution >= 0.6 is 0 Å². The Labute approximate surface area is 143 Å². The van der Waals surface area contributed by atoms with Gasteiger partial charge in [0, 0.05) is 38.2 Å². The van der Waals surface area contributed by atoms with Crippen LogP contribution in [0.15, 0.2) is 24.3 Å². The fourth-order valence-electron chi connectivity index (χ4n) is 4.13. The van der Waals surface area contributed by atoms with Crippen LogP contribution in [0, 0.1) is 6.92 Å². The Morgan fingerprint density at radius 3 is 2.46 bits per heavy atom. The highest BCUT2D eigenvalue weighted by atomic mass is 16.7. The second-order valence-electron chi connectivity index (χ2n) is 7.32. The molecule has 0 bridgehead atoms. The van der Waals surface area contributed by atoms with E-state index in [1.807, 2.05) is 17.0 Å². The summed E-state index contributed by atoms with van der Waals surface area (Å²) in [5.74, 6) is -0.162. The molecule has 3 fully saturated rings. The molecule has 0 aliphatic carbocycles. The van der Waals surface area contributed by atoms with Crippen molar-refractivity contribution in [3.05, 3.63) is 29.8 Å². The van der Waals surface area contributed by atoms with Crippen LogP contribution in [-0.4, -0.2) is 55.0 Å². The fraction of sp³-hybridized carbons (Fsp3) is 0.632. The summed E-state index contributed by atoms with van der Waals surface area (Å²) in [6, 6.07) is 8.22. The van der Waals surface area contributed by atoms with Gasteiger partial charge in [-0.25, -0.2) is 0 Å². The maximum Gasteiger partial charge on any atom is 0.244 e. The summed E-state index contributed by atoms with van der Waals surface area (Å²) in [5, 5.41) is 0. The lowest BCUT2D eigenvalue weighted by atomic mass is 10.0. The minimum atomic E-state index is -0.395. The van der Waals surface area contributed by atoms with Gasteiger partial charge in [-0.3, -0.25) is 9.69 Å². The topological polar surface area (TPSA) is 42.0 Å². The third-order valence-corrected chi connectivity index (χ3v) is 5.52. The maximum atomic E-state index is 12.9. The normalized spacial score (nSPS) is 30.4. The van der Waals surface area contributed by atoms with Gasteiger partial charge in [-0.15, -0.1) is 0 Å². The lowest BCUT2D eigenvalue weighted by Crippen LogP contribution is -2.51. The molecule has 1 aromatic carbocycles. The smallest absolute Gasteiger partial charge is 0.244 e. The molecular formula is C19H26N2O3. The first-order valence-electron chi connectivity index (χ1n) is 9.00. The molecule has 0 saturated carbocycles. The number of carbonyl (C=O) groups excluding carboxylic acids is 1. The zero-order valence-electron chi connectivity index (χ0n) is 14.5. The number of carbonyl (C=O) groups is 1.